The number of carboxylic acid groups (broad SMARTS) is 1. The van der Waals surface area contributed by atoms with Crippen LogP contribution in [0.25, 0.3) is 0 Å². The van der Waals surface area contributed by atoms with Crippen LogP contribution in [0, 0.1) is 10.1 Å². The zero-order valence-corrected chi connectivity index (χ0v) is 7.98. The molecular formula is C8H15NO5. The number of carboxylic acids is 1. The minimum absolute atomic E-state index is 0.131. The van der Waals surface area contributed by atoms with Gasteiger partial charge in [0.15, 0.2) is 0 Å². The van der Waals surface area contributed by atoms with Gasteiger partial charge < -0.3 is 9.94 Å². The van der Waals surface area contributed by atoms with Gasteiger partial charge in [0.05, 0.1) is 6.61 Å². The van der Waals surface area contributed by atoms with Crippen LogP contribution >= 0.6 is 0 Å². The molecule has 0 aliphatic rings. The first-order valence-electron chi connectivity index (χ1n) is 4.62. The van der Waals surface area contributed by atoms with Crippen molar-refractivity contribution in [2.45, 2.75) is 38.5 Å². The van der Waals surface area contributed by atoms with Crippen molar-refractivity contribution < 1.29 is 19.8 Å². The van der Waals surface area contributed by atoms with Crippen molar-refractivity contribution in [2.24, 2.45) is 0 Å². The van der Waals surface area contributed by atoms with Crippen molar-refractivity contribution in [3.8, 4) is 0 Å². The molecule has 1 N–H and O–H groups in total. The molecule has 0 saturated carbocycles. The molecule has 82 valence electrons. The van der Waals surface area contributed by atoms with E-state index in [1.54, 1.807) is 0 Å². The quantitative estimate of drug-likeness (QED) is 0.351. The molecule has 0 unspecified atom stereocenters. The predicted molar refractivity (Wildman–Crippen MR) is 48.3 cm³/mol. The Bertz CT molecular complexity index is 163. The van der Waals surface area contributed by atoms with Crippen molar-refractivity contribution in [2.75, 3.05) is 6.61 Å². The van der Waals surface area contributed by atoms with Gasteiger partial charge in [-0.15, -0.1) is 10.1 Å². The summed E-state index contributed by atoms with van der Waals surface area (Å²) in [7, 11) is 0. The number of aliphatic carboxylic acids is 1. The summed E-state index contributed by atoms with van der Waals surface area (Å²) in [4.78, 5) is 24.0. The molecule has 0 bridgehead atoms. The van der Waals surface area contributed by atoms with Gasteiger partial charge in [-0.2, -0.15) is 0 Å². The summed E-state index contributed by atoms with van der Waals surface area (Å²) < 4.78 is 0. The monoisotopic (exact) mass is 205 g/mol. The lowest BCUT2D eigenvalue weighted by molar-refractivity contribution is -0.757. The Kier molecular flexibility index (Phi) is 7.49. The second-order valence-corrected chi connectivity index (χ2v) is 2.97. The highest BCUT2D eigenvalue weighted by molar-refractivity contribution is 5.66. The van der Waals surface area contributed by atoms with Gasteiger partial charge in [0.2, 0.25) is 0 Å². The Hall–Kier alpha value is -1.33. The third-order valence-electron chi connectivity index (χ3n) is 1.73. The van der Waals surface area contributed by atoms with E-state index < -0.39 is 11.1 Å². The number of rotatable bonds is 9. The lowest BCUT2D eigenvalue weighted by Crippen LogP contribution is -2.01. The molecule has 6 nitrogen and oxygen atoms in total. The van der Waals surface area contributed by atoms with Crippen LogP contribution in [0.4, 0.5) is 0 Å². The van der Waals surface area contributed by atoms with Crippen molar-refractivity contribution >= 4 is 5.97 Å². The van der Waals surface area contributed by atoms with Gasteiger partial charge in [0, 0.05) is 6.42 Å². The molecule has 0 aromatic rings. The highest BCUT2D eigenvalue weighted by Crippen LogP contribution is 2.05. The van der Waals surface area contributed by atoms with E-state index in [2.05, 4.69) is 4.84 Å². The number of carbonyl (C=O) groups is 1. The summed E-state index contributed by atoms with van der Waals surface area (Å²) in [5.41, 5.74) is 0. The summed E-state index contributed by atoms with van der Waals surface area (Å²) in [5, 5.41) is 17.2. The average molecular weight is 205 g/mol. The van der Waals surface area contributed by atoms with Crippen molar-refractivity contribution in [3.63, 3.8) is 0 Å². The third kappa shape index (κ3) is 10.7. The summed E-state index contributed by atoms with van der Waals surface area (Å²) in [5.74, 6) is -0.776. The van der Waals surface area contributed by atoms with E-state index in [4.69, 9.17) is 5.11 Å². The van der Waals surface area contributed by atoms with Gasteiger partial charge in [-0.1, -0.05) is 19.3 Å². The van der Waals surface area contributed by atoms with Crippen LogP contribution < -0.4 is 0 Å². The van der Waals surface area contributed by atoms with Gasteiger partial charge in [0.25, 0.3) is 5.09 Å². The molecule has 0 atom stereocenters. The second-order valence-electron chi connectivity index (χ2n) is 2.97. The zero-order valence-electron chi connectivity index (χ0n) is 7.98. The van der Waals surface area contributed by atoms with Gasteiger partial charge >= 0.3 is 5.97 Å². The number of hydrogen-bond acceptors (Lipinski definition) is 4. The minimum atomic E-state index is -0.801. The first-order chi connectivity index (χ1) is 6.63. The van der Waals surface area contributed by atoms with Crippen LogP contribution in [-0.2, 0) is 9.63 Å². The van der Waals surface area contributed by atoms with Gasteiger partial charge in [-0.05, 0) is 12.8 Å². The zero-order chi connectivity index (χ0) is 10.8. The highest BCUT2D eigenvalue weighted by atomic mass is 16.9. The fraction of sp³-hybridized carbons (Fsp3) is 0.875. The number of hydrogen-bond donors (Lipinski definition) is 1. The minimum Gasteiger partial charge on any atom is -0.481 e. The van der Waals surface area contributed by atoms with Crippen LogP contribution in [0.1, 0.15) is 38.5 Å². The molecule has 0 rings (SSSR count). The van der Waals surface area contributed by atoms with Crippen LogP contribution in [0.2, 0.25) is 0 Å². The fourth-order valence-corrected chi connectivity index (χ4v) is 1.05. The van der Waals surface area contributed by atoms with E-state index in [-0.39, 0.29) is 13.0 Å². The molecule has 0 aliphatic heterocycles. The molecule has 0 saturated heterocycles. The van der Waals surface area contributed by atoms with E-state index in [0.29, 0.717) is 12.8 Å². The topological polar surface area (TPSA) is 89.7 Å². The maximum Gasteiger partial charge on any atom is 0.303 e. The molecule has 0 fully saturated rings. The lowest BCUT2D eigenvalue weighted by Gasteiger charge is -1.99. The molecular weight excluding hydrogens is 190 g/mol. The van der Waals surface area contributed by atoms with Gasteiger partial charge in [0.1, 0.15) is 0 Å². The summed E-state index contributed by atoms with van der Waals surface area (Å²) in [6.45, 7) is 0.131. The van der Waals surface area contributed by atoms with E-state index in [9.17, 15) is 14.9 Å². The third-order valence-corrected chi connectivity index (χ3v) is 1.73. The molecule has 0 heterocycles. The van der Waals surface area contributed by atoms with Crippen LogP contribution in [0.3, 0.4) is 0 Å². The van der Waals surface area contributed by atoms with Crippen molar-refractivity contribution in [1.82, 2.24) is 0 Å². The maximum atomic E-state index is 10.1. The Balaban J connectivity index is 2.99. The SMILES string of the molecule is O=C(O)CCCCCCCO[N+](=O)[O-]. The van der Waals surface area contributed by atoms with Gasteiger partial charge in [-0.25, -0.2) is 0 Å². The first-order valence-corrected chi connectivity index (χ1v) is 4.62. The summed E-state index contributed by atoms with van der Waals surface area (Å²) in [6.07, 6.45) is 4.11. The van der Waals surface area contributed by atoms with Crippen molar-refractivity contribution in [3.05, 3.63) is 10.1 Å². The first kappa shape index (κ1) is 12.7. The molecule has 0 spiro atoms. The smallest absolute Gasteiger partial charge is 0.303 e. The van der Waals surface area contributed by atoms with E-state index >= 15 is 0 Å². The molecule has 6 heteroatoms. The van der Waals surface area contributed by atoms with Crippen LogP contribution in [-0.4, -0.2) is 22.8 Å². The Morgan fingerprint density at radius 1 is 1.21 bits per heavy atom. The number of unbranched alkanes of at least 4 members (excludes halogenated alkanes) is 4. The van der Waals surface area contributed by atoms with E-state index in [1.165, 1.54) is 0 Å². The van der Waals surface area contributed by atoms with Crippen LogP contribution in [0.15, 0.2) is 0 Å². The average Bonchev–Trinajstić information content (AvgIpc) is 2.08. The molecule has 0 aromatic carbocycles. The number of nitrogens with zero attached hydrogens (tertiary/aromatic N) is 1. The Morgan fingerprint density at radius 2 is 1.79 bits per heavy atom. The summed E-state index contributed by atoms with van der Waals surface area (Å²) >= 11 is 0. The lowest BCUT2D eigenvalue weighted by atomic mass is 10.1. The molecule has 0 amide bonds. The predicted octanol–water partition coefficient (Wildman–Crippen LogP) is 1.62. The second kappa shape index (κ2) is 8.28. The molecule has 14 heavy (non-hydrogen) atoms. The fourth-order valence-electron chi connectivity index (χ4n) is 1.05. The van der Waals surface area contributed by atoms with Gasteiger partial charge in [-0.3, -0.25) is 4.79 Å². The standard InChI is InChI=1S/C8H15NO5/c10-8(11)6-4-2-1-3-5-7-14-9(12)13/h1-7H2,(H,10,11). The van der Waals surface area contributed by atoms with Crippen molar-refractivity contribution in [1.29, 1.82) is 0 Å². The summed E-state index contributed by atoms with van der Waals surface area (Å²) in [6, 6.07) is 0. The largest absolute Gasteiger partial charge is 0.481 e. The normalized spacial score (nSPS) is 9.71. The van der Waals surface area contributed by atoms with Crippen LogP contribution in [0.5, 0.6) is 0 Å². The van der Waals surface area contributed by atoms with E-state index in [0.717, 1.165) is 19.3 Å². The maximum absolute atomic E-state index is 10.1. The molecule has 0 aromatic heterocycles. The Labute approximate surface area is 82.0 Å². The molecule has 0 radical (unpaired) electrons. The molecule has 0 aliphatic carbocycles. The highest BCUT2D eigenvalue weighted by Gasteiger charge is 1.97. The van der Waals surface area contributed by atoms with E-state index in [1.807, 2.05) is 0 Å². The Morgan fingerprint density at radius 3 is 2.36 bits per heavy atom.